The highest BCUT2D eigenvalue weighted by Crippen LogP contribution is 2.28. The number of rotatable bonds is 6. The van der Waals surface area contributed by atoms with Gasteiger partial charge < -0.3 is 14.6 Å². The summed E-state index contributed by atoms with van der Waals surface area (Å²) in [4.78, 5) is 10.4. The molecule has 4 heteroatoms. The minimum atomic E-state index is -0.999. The van der Waals surface area contributed by atoms with Crippen molar-refractivity contribution in [2.24, 2.45) is 0 Å². The van der Waals surface area contributed by atoms with Gasteiger partial charge in [-0.05, 0) is 30.7 Å². The molecule has 0 aromatic heterocycles. The number of terminal acetylenes is 1. The van der Waals surface area contributed by atoms with Crippen LogP contribution in [0.2, 0.25) is 0 Å². The molecule has 0 aliphatic heterocycles. The van der Waals surface area contributed by atoms with Gasteiger partial charge in [0.2, 0.25) is 0 Å². The van der Waals surface area contributed by atoms with Crippen molar-refractivity contribution in [2.75, 3.05) is 13.2 Å². The van der Waals surface area contributed by atoms with Gasteiger partial charge >= 0.3 is 5.97 Å². The minimum Gasteiger partial charge on any atom is -0.490 e. The molecule has 1 N–H and O–H groups in total. The molecule has 0 aliphatic rings. The zero-order valence-corrected chi connectivity index (χ0v) is 10.1. The lowest BCUT2D eigenvalue weighted by Gasteiger charge is -2.10. The summed E-state index contributed by atoms with van der Waals surface area (Å²) in [5.41, 5.74) is 0.717. The second-order valence-electron chi connectivity index (χ2n) is 3.30. The molecule has 1 aromatic rings. The maximum absolute atomic E-state index is 10.4. The van der Waals surface area contributed by atoms with E-state index < -0.39 is 5.97 Å². The zero-order valence-electron chi connectivity index (χ0n) is 10.1. The SMILES string of the molecule is C#CCOc1ccc(/C=C/C(=O)O)cc1OCC. The highest BCUT2D eigenvalue weighted by molar-refractivity contribution is 5.85. The first-order valence-electron chi connectivity index (χ1n) is 5.41. The van der Waals surface area contributed by atoms with Gasteiger partial charge in [0.1, 0.15) is 6.61 Å². The number of benzene rings is 1. The van der Waals surface area contributed by atoms with Crippen LogP contribution in [-0.4, -0.2) is 24.3 Å². The van der Waals surface area contributed by atoms with Crippen LogP contribution in [-0.2, 0) is 4.79 Å². The van der Waals surface area contributed by atoms with Gasteiger partial charge in [-0.3, -0.25) is 0 Å². The number of carboxylic acids is 1. The van der Waals surface area contributed by atoms with E-state index in [4.69, 9.17) is 21.0 Å². The van der Waals surface area contributed by atoms with Gasteiger partial charge in [-0.2, -0.15) is 0 Å². The van der Waals surface area contributed by atoms with Crippen molar-refractivity contribution in [1.29, 1.82) is 0 Å². The normalized spacial score (nSPS) is 10.0. The molecule has 0 aliphatic carbocycles. The van der Waals surface area contributed by atoms with Crippen molar-refractivity contribution in [1.82, 2.24) is 0 Å². The Hall–Kier alpha value is -2.41. The first kappa shape index (κ1) is 13.7. The molecule has 4 nitrogen and oxygen atoms in total. The van der Waals surface area contributed by atoms with E-state index in [0.717, 1.165) is 6.08 Å². The second kappa shape index (κ2) is 7.02. The standard InChI is InChI=1S/C14H14O4/c1-3-9-18-12-7-5-11(6-8-14(15)16)10-13(12)17-4-2/h1,5-8,10H,4,9H2,2H3,(H,15,16)/b8-6+. The predicted octanol–water partition coefficient (Wildman–Crippen LogP) is 2.20. The van der Waals surface area contributed by atoms with Crippen molar-refractivity contribution in [2.45, 2.75) is 6.92 Å². The smallest absolute Gasteiger partial charge is 0.328 e. The molecule has 0 spiro atoms. The van der Waals surface area contributed by atoms with E-state index in [1.54, 1.807) is 18.2 Å². The topological polar surface area (TPSA) is 55.8 Å². The number of aliphatic carboxylic acids is 1. The van der Waals surface area contributed by atoms with Gasteiger partial charge in [-0.1, -0.05) is 12.0 Å². The van der Waals surface area contributed by atoms with Gasteiger partial charge in [-0.15, -0.1) is 6.42 Å². The van der Waals surface area contributed by atoms with Crippen LogP contribution in [0.4, 0.5) is 0 Å². The van der Waals surface area contributed by atoms with Crippen molar-refractivity contribution < 1.29 is 19.4 Å². The molecule has 1 aromatic carbocycles. The Balaban J connectivity index is 2.95. The summed E-state index contributed by atoms with van der Waals surface area (Å²) < 4.78 is 10.7. The summed E-state index contributed by atoms with van der Waals surface area (Å²) in [7, 11) is 0. The average Bonchev–Trinajstić information content (AvgIpc) is 2.35. The molecule has 0 atom stereocenters. The molecule has 0 bridgehead atoms. The molecule has 0 radical (unpaired) electrons. The Kier molecular flexibility index (Phi) is 5.33. The lowest BCUT2D eigenvalue weighted by molar-refractivity contribution is -0.131. The summed E-state index contributed by atoms with van der Waals surface area (Å²) >= 11 is 0. The zero-order chi connectivity index (χ0) is 13.4. The molecule has 94 valence electrons. The van der Waals surface area contributed by atoms with Gasteiger partial charge in [0.15, 0.2) is 11.5 Å². The van der Waals surface area contributed by atoms with E-state index >= 15 is 0 Å². The Morgan fingerprint density at radius 1 is 1.44 bits per heavy atom. The van der Waals surface area contributed by atoms with Gasteiger partial charge in [0.05, 0.1) is 6.61 Å². The quantitative estimate of drug-likeness (QED) is 0.617. The van der Waals surface area contributed by atoms with Crippen LogP contribution in [0.15, 0.2) is 24.3 Å². The van der Waals surface area contributed by atoms with Crippen LogP contribution < -0.4 is 9.47 Å². The van der Waals surface area contributed by atoms with E-state index in [2.05, 4.69) is 5.92 Å². The van der Waals surface area contributed by atoms with Crippen LogP contribution >= 0.6 is 0 Å². The van der Waals surface area contributed by atoms with Gasteiger partial charge in [-0.25, -0.2) is 4.79 Å². The van der Waals surface area contributed by atoms with Gasteiger partial charge in [0.25, 0.3) is 0 Å². The third-order valence-electron chi connectivity index (χ3n) is 2.00. The molecule has 0 heterocycles. The maximum Gasteiger partial charge on any atom is 0.328 e. The minimum absolute atomic E-state index is 0.157. The second-order valence-corrected chi connectivity index (χ2v) is 3.30. The number of ether oxygens (including phenoxy) is 2. The van der Waals surface area contributed by atoms with Crippen LogP contribution in [0.5, 0.6) is 11.5 Å². The summed E-state index contributed by atoms with van der Waals surface area (Å²) in [6, 6.07) is 5.13. The van der Waals surface area contributed by atoms with E-state index in [-0.39, 0.29) is 6.61 Å². The van der Waals surface area contributed by atoms with Crippen molar-refractivity contribution in [3.05, 3.63) is 29.8 Å². The Morgan fingerprint density at radius 2 is 2.22 bits per heavy atom. The molecule has 0 fully saturated rings. The lowest BCUT2D eigenvalue weighted by Crippen LogP contribution is -1.99. The monoisotopic (exact) mass is 246 g/mol. The predicted molar refractivity (Wildman–Crippen MR) is 68.6 cm³/mol. The number of hydrogen-bond acceptors (Lipinski definition) is 3. The first-order valence-corrected chi connectivity index (χ1v) is 5.41. The highest BCUT2D eigenvalue weighted by Gasteiger charge is 2.05. The Morgan fingerprint density at radius 3 is 2.83 bits per heavy atom. The van der Waals surface area contributed by atoms with Crippen LogP contribution in [0.25, 0.3) is 6.08 Å². The fourth-order valence-corrected chi connectivity index (χ4v) is 1.30. The third-order valence-corrected chi connectivity index (χ3v) is 2.00. The third kappa shape index (κ3) is 4.22. The summed E-state index contributed by atoms with van der Waals surface area (Å²) in [5, 5.41) is 8.55. The van der Waals surface area contributed by atoms with Gasteiger partial charge in [0, 0.05) is 6.08 Å². The summed E-state index contributed by atoms with van der Waals surface area (Å²) in [5.74, 6) is 2.46. The molecule has 0 amide bonds. The summed E-state index contributed by atoms with van der Waals surface area (Å²) in [6.07, 6.45) is 7.66. The molecular weight excluding hydrogens is 232 g/mol. The first-order chi connectivity index (χ1) is 8.67. The molecular formula is C14H14O4. The Bertz CT molecular complexity index is 483. The maximum atomic E-state index is 10.4. The van der Waals surface area contributed by atoms with Crippen LogP contribution in [0.1, 0.15) is 12.5 Å². The van der Waals surface area contributed by atoms with Crippen LogP contribution in [0.3, 0.4) is 0 Å². The fourth-order valence-electron chi connectivity index (χ4n) is 1.30. The molecule has 0 saturated heterocycles. The van der Waals surface area contributed by atoms with Crippen LogP contribution in [0, 0.1) is 12.3 Å². The Labute approximate surface area is 106 Å². The van der Waals surface area contributed by atoms with E-state index in [9.17, 15) is 4.79 Å². The van der Waals surface area contributed by atoms with Crippen molar-refractivity contribution in [3.8, 4) is 23.8 Å². The molecule has 0 unspecified atom stereocenters. The summed E-state index contributed by atoms with van der Waals surface area (Å²) in [6.45, 7) is 2.49. The molecule has 1 rings (SSSR count). The largest absolute Gasteiger partial charge is 0.490 e. The van der Waals surface area contributed by atoms with E-state index in [0.29, 0.717) is 23.7 Å². The average molecular weight is 246 g/mol. The highest BCUT2D eigenvalue weighted by atomic mass is 16.5. The van der Waals surface area contributed by atoms with E-state index in [1.807, 2.05) is 6.92 Å². The fraction of sp³-hybridized carbons (Fsp3) is 0.214. The lowest BCUT2D eigenvalue weighted by atomic mass is 10.2. The molecule has 18 heavy (non-hydrogen) atoms. The van der Waals surface area contributed by atoms with E-state index in [1.165, 1.54) is 6.08 Å². The molecule has 0 saturated carbocycles. The van der Waals surface area contributed by atoms with Crippen molar-refractivity contribution >= 4 is 12.0 Å². The number of carboxylic acid groups (broad SMARTS) is 1. The number of hydrogen-bond donors (Lipinski definition) is 1. The van der Waals surface area contributed by atoms with Crippen molar-refractivity contribution in [3.63, 3.8) is 0 Å². The number of carbonyl (C=O) groups is 1.